The van der Waals surface area contributed by atoms with Crippen molar-refractivity contribution in [2.75, 3.05) is 0 Å². The Balaban J connectivity index is 0.839. The predicted molar refractivity (Wildman–Crippen MR) is 493 cm³/mol. The number of H-pyrrole nitrogens is 4. The number of nitriles is 2. The average molecular weight is 1520 g/mol. The molecular weight excluding hydrogens is 1440 g/mol. The van der Waals surface area contributed by atoms with E-state index in [2.05, 4.69) is 367 Å². The quantitative estimate of drug-likeness (QED) is 0.0890. The van der Waals surface area contributed by atoms with Crippen molar-refractivity contribution in [3.8, 4) is 101 Å². The third kappa shape index (κ3) is 13.8. The van der Waals surface area contributed by atoms with E-state index in [4.69, 9.17) is 19.9 Å². The van der Waals surface area contributed by atoms with Gasteiger partial charge in [-0.05, 0) is 208 Å². The normalized spacial score (nSPS) is 12.4. The van der Waals surface area contributed by atoms with E-state index in [9.17, 15) is 10.5 Å². The number of allylic oxidation sites excluding steroid dienone is 2. The molecule has 4 aliphatic heterocycles. The van der Waals surface area contributed by atoms with Crippen molar-refractivity contribution in [2.45, 2.75) is 55.4 Å². The van der Waals surface area contributed by atoms with Crippen LogP contribution >= 0.6 is 0 Å². The molecule has 10 heterocycles. The molecule has 0 saturated heterocycles. The number of nitrogens with one attached hydrogen (secondary N) is 4. The highest BCUT2D eigenvalue weighted by molar-refractivity contribution is 6.08. The second-order valence-electron chi connectivity index (χ2n) is 31.3. The van der Waals surface area contributed by atoms with Gasteiger partial charge in [0, 0.05) is 88.7 Å². The number of benzene rings is 9. The summed E-state index contributed by atoms with van der Waals surface area (Å²) in [7, 11) is 0. The van der Waals surface area contributed by atoms with Gasteiger partial charge in [-0.2, -0.15) is 10.5 Å². The number of aromatic nitrogens is 8. The van der Waals surface area contributed by atoms with Gasteiger partial charge in [0.2, 0.25) is 0 Å². The van der Waals surface area contributed by atoms with Crippen LogP contribution in [0.5, 0.6) is 0 Å². The van der Waals surface area contributed by atoms with E-state index in [1.807, 2.05) is 36.4 Å². The first-order chi connectivity index (χ1) is 57.6. The fourth-order valence-electron chi connectivity index (χ4n) is 16.5. The molecule has 0 fully saturated rings. The summed E-state index contributed by atoms with van der Waals surface area (Å²) in [5.41, 5.74) is 40.9. The van der Waals surface area contributed by atoms with Crippen LogP contribution in [0.15, 0.2) is 255 Å². The minimum atomic E-state index is 0.407. The Morgan fingerprint density at radius 3 is 0.619 bits per heavy atom. The van der Waals surface area contributed by atoms with Crippen LogP contribution in [0.4, 0.5) is 0 Å². The van der Waals surface area contributed by atoms with Crippen LogP contribution in [-0.4, -0.2) is 39.9 Å². The number of hydrogen-bond acceptors (Lipinski definition) is 6. The molecule has 0 saturated carbocycles. The molecule has 9 aromatic carbocycles. The first-order valence-electron chi connectivity index (χ1n) is 39.9. The summed E-state index contributed by atoms with van der Waals surface area (Å²) in [4.78, 5) is 38.5. The summed E-state index contributed by atoms with van der Waals surface area (Å²) in [6.07, 6.45) is 20.9. The summed E-state index contributed by atoms with van der Waals surface area (Å²) in [5, 5.41) is 23.5. The first kappa shape index (κ1) is 72.9. The van der Waals surface area contributed by atoms with E-state index < -0.39 is 0 Å². The van der Waals surface area contributed by atoms with Gasteiger partial charge in [0.1, 0.15) is 0 Å². The topological polar surface area (TPSA) is 162 Å². The molecule has 10 heteroatoms. The van der Waals surface area contributed by atoms with Crippen molar-refractivity contribution in [2.24, 2.45) is 0 Å². The summed E-state index contributed by atoms with van der Waals surface area (Å²) in [6, 6.07) is 95.0. The highest BCUT2D eigenvalue weighted by atomic mass is 14.8. The fourth-order valence-corrected chi connectivity index (χ4v) is 16.5. The summed E-state index contributed by atoms with van der Waals surface area (Å²) < 4.78 is 0. The number of nitrogens with zero attached hydrogens (tertiary/aromatic N) is 6. The van der Waals surface area contributed by atoms with E-state index in [-0.39, 0.29) is 0 Å². The van der Waals surface area contributed by atoms with Crippen LogP contribution in [0, 0.1) is 78.1 Å². The minimum absolute atomic E-state index is 0.407. The first-order valence-corrected chi connectivity index (χ1v) is 39.9. The number of aryl methyl sites for hydroxylation is 8. The molecule has 118 heavy (non-hydrogen) atoms. The van der Waals surface area contributed by atoms with E-state index in [0.717, 1.165) is 234 Å². The van der Waals surface area contributed by atoms with E-state index >= 15 is 0 Å². The van der Waals surface area contributed by atoms with Crippen molar-refractivity contribution in [1.82, 2.24) is 39.9 Å². The van der Waals surface area contributed by atoms with Crippen LogP contribution in [-0.2, 0) is 0 Å². The van der Waals surface area contributed by atoms with Gasteiger partial charge < -0.3 is 19.9 Å². The monoisotopic (exact) mass is 1520 g/mol. The van der Waals surface area contributed by atoms with Gasteiger partial charge in [-0.1, -0.05) is 263 Å². The Bertz CT molecular complexity index is 6840. The Labute approximate surface area is 685 Å². The maximum atomic E-state index is 11.8. The third-order valence-corrected chi connectivity index (χ3v) is 22.9. The van der Waals surface area contributed by atoms with Crippen LogP contribution in [0.3, 0.4) is 0 Å². The van der Waals surface area contributed by atoms with Crippen LogP contribution in [0.1, 0.15) is 112 Å². The summed E-state index contributed by atoms with van der Waals surface area (Å²) in [5.74, 6) is 0. The van der Waals surface area contributed by atoms with Crippen molar-refractivity contribution < 1.29 is 0 Å². The van der Waals surface area contributed by atoms with Gasteiger partial charge in [-0.3, -0.25) is 0 Å². The summed E-state index contributed by atoms with van der Waals surface area (Å²) in [6.45, 7) is 16.8. The molecule has 0 spiro atoms. The number of fused-ring (bicyclic) bond motifs is 16. The molecule has 19 rings (SSSR count). The Kier molecular flexibility index (Phi) is 18.6. The number of rotatable bonds is 12. The molecule has 0 aliphatic carbocycles. The number of aromatic amines is 4. The van der Waals surface area contributed by atoms with Gasteiger partial charge >= 0.3 is 0 Å². The lowest BCUT2D eigenvalue weighted by Gasteiger charge is -2.08. The molecule has 0 radical (unpaired) electrons. The highest BCUT2D eigenvalue weighted by Crippen LogP contribution is 2.45. The van der Waals surface area contributed by atoms with E-state index in [0.29, 0.717) is 22.3 Å². The maximum absolute atomic E-state index is 11.8. The van der Waals surface area contributed by atoms with Gasteiger partial charge in [0.15, 0.2) is 0 Å². The van der Waals surface area contributed by atoms with Crippen LogP contribution in [0.2, 0.25) is 0 Å². The lowest BCUT2D eigenvalue weighted by Crippen LogP contribution is -1.91. The Hall–Kier alpha value is -15.4. The Morgan fingerprint density at radius 2 is 0.415 bits per heavy atom. The molecule has 15 aromatic rings. The van der Waals surface area contributed by atoms with Crippen molar-refractivity contribution in [3.63, 3.8) is 0 Å². The summed E-state index contributed by atoms with van der Waals surface area (Å²) >= 11 is 0. The van der Waals surface area contributed by atoms with Crippen molar-refractivity contribution in [3.05, 3.63) is 367 Å². The largest absolute Gasteiger partial charge is 0.354 e. The molecule has 4 aliphatic rings. The van der Waals surface area contributed by atoms with Crippen LogP contribution in [0.25, 0.3) is 205 Å². The molecule has 4 N–H and O–H groups in total. The lowest BCUT2D eigenvalue weighted by molar-refractivity contribution is 1.31. The van der Waals surface area contributed by atoms with E-state index in [1.54, 1.807) is 0 Å². The molecule has 0 unspecified atom stereocenters. The lowest BCUT2D eigenvalue weighted by atomic mass is 9.96. The highest BCUT2D eigenvalue weighted by Gasteiger charge is 2.25. The SMILES string of the molecule is Cc1ccc(-c2c3nc(c(-c4ccc(C)cc4)c4cc(/C=C(\C#N)c5ccc(/C(C#N)=C/c6cc7[nH]c6c(-c6ccc(C)cc6)c6nc(c(-c8ccc(C)cc8)c8ccc([nH]8)c(-c8ccc(C)cc8)c8nc(c7-c7ccc(C)cc7)C=C8)C=C6)cc5)c([nH]4)c(-c4ccc(C)cc4)c4nc(c(-c5ccc(C)cc5)c5ccc2[nH]5)C=C4)C=C3)cc1. The molecular formula is C108H80N10. The molecule has 16 bridgehead atoms. The standard InChI is InChI=1S/C108H80N10/c1-63-9-25-73(26-10-63)99-85-45-47-87(111-85)101(75-29-13-65(3)14-30-75)91-53-55-95(115-91)105(79-37-21-69(7)22-38-79)107-81(59-97(117-107)103(93-51-49-89(99)113-93)77-33-17-67(5)18-34-77)57-83(61-109)71-41-43-72(44-42-71)84(62-110)58-82-60-98-104(78-35-19-68(6)20-36-78)94-52-50-90(114-94)100(74-27-11-64(2)12-28-74)86-46-48-88(112-86)102(76-31-15-66(4)16-32-76)92-54-56-96(116-92)106(108(82)118-98)80-39-23-70(8)24-40-80/h9-60,111-112,117-118H,1-8H3/b83-57+,84-58+,99-85?,99-89?,100-86?,100-90?,101-87?,101-91?,102-88?,102-92?,103-93?,103-97?,104-94?,104-98?,105-95?,106-96?,107-105?,108-106?. The van der Waals surface area contributed by atoms with Gasteiger partial charge in [0.25, 0.3) is 0 Å². The zero-order valence-electron chi connectivity index (χ0n) is 66.7. The van der Waals surface area contributed by atoms with Gasteiger partial charge in [0.05, 0.1) is 79.9 Å². The van der Waals surface area contributed by atoms with Gasteiger partial charge in [-0.25, -0.2) is 19.9 Å². The minimum Gasteiger partial charge on any atom is -0.354 e. The zero-order chi connectivity index (χ0) is 80.4. The van der Waals surface area contributed by atoms with Crippen molar-refractivity contribution >= 4 is 116 Å². The van der Waals surface area contributed by atoms with Crippen LogP contribution < -0.4 is 0 Å². The second kappa shape index (κ2) is 30.2. The second-order valence-corrected chi connectivity index (χ2v) is 31.3. The smallest absolute Gasteiger partial charge is 0.0998 e. The molecule has 10 nitrogen and oxygen atoms in total. The third-order valence-electron chi connectivity index (χ3n) is 22.9. The molecule has 6 aromatic heterocycles. The van der Waals surface area contributed by atoms with Gasteiger partial charge in [-0.15, -0.1) is 0 Å². The molecule has 0 amide bonds. The Morgan fingerprint density at radius 1 is 0.229 bits per heavy atom. The predicted octanol–water partition coefficient (Wildman–Crippen LogP) is 27.6. The number of hydrogen-bond donors (Lipinski definition) is 4. The van der Waals surface area contributed by atoms with Crippen molar-refractivity contribution in [1.29, 1.82) is 10.5 Å². The van der Waals surface area contributed by atoms with E-state index in [1.165, 1.54) is 0 Å². The average Bonchev–Trinajstić information content (AvgIpc) is 1.61. The molecule has 0 atom stereocenters. The zero-order valence-corrected chi connectivity index (χ0v) is 66.7. The fraction of sp³-hybridized carbons (Fsp3) is 0.0741. The molecule has 562 valence electrons. The maximum Gasteiger partial charge on any atom is 0.0998 e.